The Morgan fingerprint density at radius 1 is 1.21 bits per heavy atom. The summed E-state index contributed by atoms with van der Waals surface area (Å²) in [6, 6.07) is 14.5. The van der Waals surface area contributed by atoms with Gasteiger partial charge in [-0.1, -0.05) is 30.3 Å². The molecule has 176 valence electrons. The van der Waals surface area contributed by atoms with Crippen LogP contribution in [0.3, 0.4) is 0 Å². The zero-order valence-electron chi connectivity index (χ0n) is 18.6. The highest BCUT2D eigenvalue weighted by Crippen LogP contribution is 2.33. The number of ether oxygens (including phenoxy) is 1. The largest absolute Gasteiger partial charge is 0.479 e. The molecule has 9 heteroatoms. The lowest BCUT2D eigenvalue weighted by atomic mass is 9.99. The monoisotopic (exact) mass is 471 g/mol. The van der Waals surface area contributed by atoms with Crippen LogP contribution in [-0.2, 0) is 26.0 Å². The van der Waals surface area contributed by atoms with E-state index in [0.29, 0.717) is 37.4 Å². The number of aryl methyl sites for hydroxylation is 1. The number of sulfonamides is 1. The molecule has 2 atom stereocenters. The number of hydrogen-bond donors (Lipinski definition) is 2. The van der Waals surface area contributed by atoms with Crippen LogP contribution in [0.4, 0.5) is 5.69 Å². The molecule has 2 N–H and O–H groups in total. The van der Waals surface area contributed by atoms with Crippen LogP contribution in [0.25, 0.3) is 0 Å². The van der Waals surface area contributed by atoms with Crippen LogP contribution < -0.4 is 15.4 Å². The van der Waals surface area contributed by atoms with Crippen molar-refractivity contribution < 1.29 is 22.7 Å². The van der Waals surface area contributed by atoms with Crippen molar-refractivity contribution in [2.75, 3.05) is 25.0 Å². The number of carbonyl (C=O) groups is 2. The lowest BCUT2D eigenvalue weighted by molar-refractivity contribution is -0.126. The third kappa shape index (κ3) is 5.36. The van der Waals surface area contributed by atoms with Crippen molar-refractivity contribution in [3.8, 4) is 5.75 Å². The molecule has 0 radical (unpaired) electrons. The molecule has 0 aromatic heterocycles. The Morgan fingerprint density at radius 3 is 2.79 bits per heavy atom. The Hall–Kier alpha value is -2.91. The lowest BCUT2D eigenvalue weighted by Gasteiger charge is -2.31. The molecule has 2 aromatic rings. The molecule has 1 saturated heterocycles. The average Bonchev–Trinajstić information content (AvgIpc) is 2.83. The number of fused-ring (bicyclic) bond motifs is 1. The number of hydrogen-bond acceptors (Lipinski definition) is 5. The first-order valence-corrected chi connectivity index (χ1v) is 12.7. The third-order valence-corrected chi connectivity index (χ3v) is 7.92. The maximum atomic E-state index is 13.2. The molecular weight excluding hydrogens is 442 g/mol. The zero-order chi connectivity index (χ0) is 23.4. The second-order valence-corrected chi connectivity index (χ2v) is 10.4. The summed E-state index contributed by atoms with van der Waals surface area (Å²) in [5, 5.41) is 5.64. The van der Waals surface area contributed by atoms with E-state index >= 15 is 0 Å². The number of piperidine rings is 1. The Morgan fingerprint density at radius 2 is 2.00 bits per heavy atom. The van der Waals surface area contributed by atoms with Crippen molar-refractivity contribution in [3.63, 3.8) is 0 Å². The van der Waals surface area contributed by atoms with Gasteiger partial charge in [0.1, 0.15) is 5.75 Å². The number of rotatable bonds is 7. The molecule has 0 bridgehead atoms. The molecule has 2 amide bonds. The minimum atomic E-state index is -3.81. The van der Waals surface area contributed by atoms with Gasteiger partial charge >= 0.3 is 0 Å². The topological polar surface area (TPSA) is 105 Å². The fraction of sp³-hybridized carbons (Fsp3) is 0.417. The van der Waals surface area contributed by atoms with E-state index in [1.807, 2.05) is 18.2 Å². The second kappa shape index (κ2) is 9.93. The highest BCUT2D eigenvalue weighted by molar-refractivity contribution is 7.89. The minimum absolute atomic E-state index is 0.0728. The van der Waals surface area contributed by atoms with Crippen LogP contribution in [-0.4, -0.2) is 50.3 Å². The molecule has 2 aromatic carbocycles. The molecule has 4 rings (SSSR count). The summed E-state index contributed by atoms with van der Waals surface area (Å²) in [6.45, 7) is 2.68. The molecule has 2 aliphatic heterocycles. The molecule has 33 heavy (non-hydrogen) atoms. The predicted molar refractivity (Wildman–Crippen MR) is 124 cm³/mol. The van der Waals surface area contributed by atoms with Crippen molar-refractivity contribution in [3.05, 3.63) is 54.1 Å². The van der Waals surface area contributed by atoms with Crippen LogP contribution in [0.2, 0.25) is 0 Å². The number of nitrogens with one attached hydrogen (secondary N) is 2. The van der Waals surface area contributed by atoms with Crippen molar-refractivity contribution in [1.29, 1.82) is 0 Å². The molecule has 0 aliphatic carbocycles. The van der Waals surface area contributed by atoms with Crippen molar-refractivity contribution in [2.45, 2.75) is 43.6 Å². The Bertz CT molecular complexity index is 1120. The maximum Gasteiger partial charge on any atom is 0.265 e. The van der Waals surface area contributed by atoms with Crippen LogP contribution in [0, 0.1) is 5.92 Å². The number of nitrogens with zero attached hydrogens (tertiary/aromatic N) is 1. The maximum absolute atomic E-state index is 13.2. The van der Waals surface area contributed by atoms with Gasteiger partial charge in [-0.2, -0.15) is 4.31 Å². The Kier molecular flexibility index (Phi) is 6.99. The summed E-state index contributed by atoms with van der Waals surface area (Å²) in [4.78, 5) is 24.6. The van der Waals surface area contributed by atoms with Crippen LogP contribution >= 0.6 is 0 Å². The minimum Gasteiger partial charge on any atom is -0.479 e. The van der Waals surface area contributed by atoms with Crippen molar-refractivity contribution >= 4 is 27.5 Å². The Balaban J connectivity index is 1.36. The normalized spacial score (nSPS) is 20.9. The fourth-order valence-corrected chi connectivity index (χ4v) is 5.72. The molecule has 8 nitrogen and oxygen atoms in total. The predicted octanol–water partition coefficient (Wildman–Crippen LogP) is 2.56. The van der Waals surface area contributed by atoms with Gasteiger partial charge in [0, 0.05) is 19.6 Å². The number of amides is 2. The van der Waals surface area contributed by atoms with E-state index in [0.717, 1.165) is 12.8 Å². The van der Waals surface area contributed by atoms with Gasteiger partial charge in [-0.3, -0.25) is 9.59 Å². The van der Waals surface area contributed by atoms with E-state index in [1.54, 1.807) is 13.0 Å². The number of anilines is 1. The Labute approximate surface area is 194 Å². The molecule has 2 heterocycles. The summed E-state index contributed by atoms with van der Waals surface area (Å²) in [7, 11) is -3.81. The van der Waals surface area contributed by atoms with E-state index < -0.39 is 16.1 Å². The van der Waals surface area contributed by atoms with E-state index in [4.69, 9.17) is 4.74 Å². The quantitative estimate of drug-likeness (QED) is 0.604. The molecule has 1 fully saturated rings. The van der Waals surface area contributed by atoms with Gasteiger partial charge in [-0.05, 0) is 56.4 Å². The molecule has 0 saturated carbocycles. The van der Waals surface area contributed by atoms with Gasteiger partial charge in [-0.25, -0.2) is 8.42 Å². The van der Waals surface area contributed by atoms with Gasteiger partial charge in [0.2, 0.25) is 15.9 Å². The summed E-state index contributed by atoms with van der Waals surface area (Å²) in [6.07, 6.45) is 2.34. The molecular formula is C24H29N3O5S. The van der Waals surface area contributed by atoms with Gasteiger partial charge in [0.15, 0.2) is 6.10 Å². The lowest BCUT2D eigenvalue weighted by Crippen LogP contribution is -2.45. The van der Waals surface area contributed by atoms with Crippen molar-refractivity contribution in [2.24, 2.45) is 5.92 Å². The van der Waals surface area contributed by atoms with Crippen LogP contribution in [0.5, 0.6) is 5.75 Å². The second-order valence-electron chi connectivity index (χ2n) is 8.49. The summed E-state index contributed by atoms with van der Waals surface area (Å²) in [5.74, 6) is -0.374. The highest BCUT2D eigenvalue weighted by Gasteiger charge is 2.34. The number of benzene rings is 2. The first-order valence-electron chi connectivity index (χ1n) is 11.3. The van der Waals surface area contributed by atoms with E-state index in [2.05, 4.69) is 22.8 Å². The molecule has 2 aliphatic rings. The standard InChI is InChI=1S/C24H29N3O5S/c1-17-23(28)26-21-15-20(11-12-22(21)32-17)33(30,31)27-14-6-10-19(16-27)24(29)25-13-5-9-18-7-3-2-4-8-18/h2-4,7-8,11-12,15,17,19H,5-6,9-10,13-14,16H2,1H3,(H,25,29)(H,26,28)/t17-,19+/m0/s1. The highest BCUT2D eigenvalue weighted by atomic mass is 32.2. The average molecular weight is 472 g/mol. The first-order chi connectivity index (χ1) is 15.8. The smallest absolute Gasteiger partial charge is 0.265 e. The summed E-state index contributed by atoms with van der Waals surface area (Å²) >= 11 is 0. The summed E-state index contributed by atoms with van der Waals surface area (Å²) < 4.78 is 33.4. The van der Waals surface area contributed by atoms with Gasteiger partial charge in [-0.15, -0.1) is 0 Å². The fourth-order valence-electron chi connectivity index (χ4n) is 4.17. The van der Waals surface area contributed by atoms with E-state index in [9.17, 15) is 18.0 Å². The first kappa shape index (κ1) is 23.3. The van der Waals surface area contributed by atoms with E-state index in [-0.39, 0.29) is 29.2 Å². The molecule has 0 spiro atoms. The SMILES string of the molecule is C[C@@H]1Oc2ccc(S(=O)(=O)N3CCC[C@@H](C(=O)NCCCc4ccccc4)C3)cc2NC1=O. The zero-order valence-corrected chi connectivity index (χ0v) is 19.4. The van der Waals surface area contributed by atoms with Gasteiger partial charge < -0.3 is 15.4 Å². The van der Waals surface area contributed by atoms with Crippen LogP contribution in [0.15, 0.2) is 53.4 Å². The van der Waals surface area contributed by atoms with Crippen molar-refractivity contribution in [1.82, 2.24) is 9.62 Å². The van der Waals surface area contributed by atoms with E-state index in [1.165, 1.54) is 22.0 Å². The summed E-state index contributed by atoms with van der Waals surface area (Å²) in [5.41, 5.74) is 1.56. The van der Waals surface area contributed by atoms with Gasteiger partial charge in [0.05, 0.1) is 16.5 Å². The van der Waals surface area contributed by atoms with Gasteiger partial charge in [0.25, 0.3) is 5.91 Å². The van der Waals surface area contributed by atoms with Crippen LogP contribution in [0.1, 0.15) is 31.7 Å². The third-order valence-electron chi connectivity index (χ3n) is 6.06. The number of carbonyl (C=O) groups excluding carboxylic acids is 2. The molecule has 0 unspecified atom stereocenters.